The second-order valence-electron chi connectivity index (χ2n) is 7.97. The molecule has 1 aliphatic carbocycles. The van der Waals surface area contributed by atoms with Gasteiger partial charge in [-0.1, -0.05) is 18.9 Å². The van der Waals surface area contributed by atoms with Crippen LogP contribution >= 0.6 is 0 Å². The third kappa shape index (κ3) is 4.50. The zero-order chi connectivity index (χ0) is 19.4. The second-order valence-corrected chi connectivity index (χ2v) is 7.97. The molecule has 0 bridgehead atoms. The highest BCUT2D eigenvalue weighted by Gasteiger charge is 2.42. The lowest BCUT2D eigenvalue weighted by Crippen LogP contribution is -2.57. The highest BCUT2D eigenvalue weighted by molar-refractivity contribution is 5.96. The summed E-state index contributed by atoms with van der Waals surface area (Å²) in [5.74, 6) is -0.0862. The number of hydrogen-bond donors (Lipinski definition) is 3. The normalized spacial score (nSPS) is 24.4. The molecule has 2 aliphatic rings. The van der Waals surface area contributed by atoms with E-state index in [-0.39, 0.29) is 24.0 Å². The molecule has 2 fully saturated rings. The molecule has 0 radical (unpaired) electrons. The third-order valence-electron chi connectivity index (χ3n) is 6.01. The van der Waals surface area contributed by atoms with Gasteiger partial charge in [-0.15, -0.1) is 0 Å². The van der Waals surface area contributed by atoms with Crippen LogP contribution in [0.1, 0.15) is 43.7 Å². The standard InChI is InChI=1S/C21H31N3O3/c1-14-6-7-17(12-15(14)2)24-20(26)21(8-4-5-9-21)13-23-19(25)18-16(3)27-11-10-22-18/h6-7,12,16,18,22H,4-5,8-11,13H2,1-3H3,(H,23,25)(H,24,26)/t16-,18+/m1/s1. The number of amides is 2. The van der Waals surface area contributed by atoms with Crippen LogP contribution in [0.15, 0.2) is 18.2 Å². The molecule has 3 rings (SSSR count). The molecule has 0 unspecified atom stereocenters. The molecule has 1 aromatic carbocycles. The number of rotatable bonds is 5. The van der Waals surface area contributed by atoms with Crippen molar-refractivity contribution < 1.29 is 14.3 Å². The molecule has 0 aromatic heterocycles. The van der Waals surface area contributed by atoms with Gasteiger partial charge in [0.25, 0.3) is 0 Å². The fourth-order valence-electron chi connectivity index (χ4n) is 4.01. The summed E-state index contributed by atoms with van der Waals surface area (Å²) in [6.07, 6.45) is 3.46. The van der Waals surface area contributed by atoms with Gasteiger partial charge in [0.1, 0.15) is 6.04 Å². The average molecular weight is 373 g/mol. The van der Waals surface area contributed by atoms with Crippen LogP contribution in [0.3, 0.4) is 0 Å². The lowest BCUT2D eigenvalue weighted by molar-refractivity contribution is -0.130. The minimum absolute atomic E-state index is 0.00412. The van der Waals surface area contributed by atoms with E-state index in [1.165, 1.54) is 5.56 Å². The Bertz CT molecular complexity index is 698. The Hall–Kier alpha value is -1.92. The van der Waals surface area contributed by atoms with E-state index in [0.29, 0.717) is 19.7 Å². The number of morpholine rings is 1. The summed E-state index contributed by atoms with van der Waals surface area (Å²) in [7, 11) is 0. The van der Waals surface area contributed by atoms with Gasteiger partial charge in [0.15, 0.2) is 0 Å². The first-order valence-electron chi connectivity index (χ1n) is 9.93. The van der Waals surface area contributed by atoms with E-state index >= 15 is 0 Å². The SMILES string of the molecule is Cc1ccc(NC(=O)C2(CNC(=O)[C@H]3NCCO[C@@H]3C)CCCC2)cc1C. The van der Waals surface area contributed by atoms with Crippen LogP contribution in [0.4, 0.5) is 5.69 Å². The Labute approximate surface area is 161 Å². The fraction of sp³-hybridized carbons (Fsp3) is 0.619. The van der Waals surface area contributed by atoms with E-state index in [1.807, 2.05) is 32.0 Å². The fourth-order valence-corrected chi connectivity index (χ4v) is 4.01. The van der Waals surface area contributed by atoms with Crippen LogP contribution in [0, 0.1) is 19.3 Å². The first kappa shape index (κ1) is 19.8. The topological polar surface area (TPSA) is 79.5 Å². The molecule has 27 heavy (non-hydrogen) atoms. The zero-order valence-electron chi connectivity index (χ0n) is 16.6. The van der Waals surface area contributed by atoms with E-state index in [2.05, 4.69) is 22.9 Å². The summed E-state index contributed by atoms with van der Waals surface area (Å²) in [5.41, 5.74) is 2.63. The molecule has 6 nitrogen and oxygen atoms in total. The zero-order valence-corrected chi connectivity index (χ0v) is 16.6. The Balaban J connectivity index is 1.65. The Kier molecular flexibility index (Phi) is 6.17. The molecule has 1 aromatic rings. The van der Waals surface area contributed by atoms with Crippen molar-refractivity contribution in [1.82, 2.24) is 10.6 Å². The largest absolute Gasteiger partial charge is 0.375 e. The van der Waals surface area contributed by atoms with Gasteiger partial charge in [-0.3, -0.25) is 9.59 Å². The van der Waals surface area contributed by atoms with Crippen LogP contribution in [-0.2, 0) is 14.3 Å². The Morgan fingerprint density at radius 2 is 1.96 bits per heavy atom. The molecule has 6 heteroatoms. The maximum atomic E-state index is 13.1. The van der Waals surface area contributed by atoms with Gasteiger partial charge < -0.3 is 20.7 Å². The van der Waals surface area contributed by atoms with Crippen molar-refractivity contribution in [2.75, 3.05) is 25.0 Å². The van der Waals surface area contributed by atoms with Gasteiger partial charge in [-0.2, -0.15) is 0 Å². The number of anilines is 1. The minimum Gasteiger partial charge on any atom is -0.375 e. The molecule has 1 aliphatic heterocycles. The van der Waals surface area contributed by atoms with Crippen LogP contribution in [0.2, 0.25) is 0 Å². The number of ether oxygens (including phenoxy) is 1. The highest BCUT2D eigenvalue weighted by Crippen LogP contribution is 2.38. The molecule has 1 saturated carbocycles. The maximum Gasteiger partial charge on any atom is 0.239 e. The van der Waals surface area contributed by atoms with Crippen molar-refractivity contribution in [3.63, 3.8) is 0 Å². The van der Waals surface area contributed by atoms with Crippen LogP contribution in [-0.4, -0.2) is 43.7 Å². The summed E-state index contributed by atoms with van der Waals surface area (Å²) in [5, 5.41) is 9.28. The molecule has 1 heterocycles. The van der Waals surface area contributed by atoms with Crippen molar-refractivity contribution >= 4 is 17.5 Å². The minimum atomic E-state index is -0.535. The van der Waals surface area contributed by atoms with Crippen molar-refractivity contribution in [3.8, 4) is 0 Å². The summed E-state index contributed by atoms with van der Waals surface area (Å²) in [4.78, 5) is 25.7. The number of hydrogen-bond acceptors (Lipinski definition) is 4. The maximum absolute atomic E-state index is 13.1. The molecular formula is C21H31N3O3. The number of benzene rings is 1. The molecule has 2 amide bonds. The quantitative estimate of drug-likeness (QED) is 0.740. The number of carbonyl (C=O) groups excluding carboxylic acids is 2. The van der Waals surface area contributed by atoms with Gasteiger partial charge in [-0.05, 0) is 56.9 Å². The summed E-state index contributed by atoms with van der Waals surface area (Å²) in [6.45, 7) is 7.64. The molecule has 1 saturated heterocycles. The van der Waals surface area contributed by atoms with Gasteiger partial charge in [0.05, 0.1) is 18.1 Å². The predicted molar refractivity (Wildman–Crippen MR) is 106 cm³/mol. The summed E-state index contributed by atoms with van der Waals surface area (Å²) in [6, 6.07) is 5.59. The lowest BCUT2D eigenvalue weighted by Gasteiger charge is -2.32. The van der Waals surface area contributed by atoms with E-state index in [9.17, 15) is 9.59 Å². The molecule has 148 valence electrons. The summed E-state index contributed by atoms with van der Waals surface area (Å²) < 4.78 is 5.55. The molecule has 2 atom stereocenters. The van der Waals surface area contributed by atoms with E-state index in [4.69, 9.17) is 4.74 Å². The van der Waals surface area contributed by atoms with Gasteiger partial charge in [0.2, 0.25) is 11.8 Å². The van der Waals surface area contributed by atoms with Crippen molar-refractivity contribution in [2.45, 2.75) is 58.6 Å². The predicted octanol–water partition coefficient (Wildman–Crippen LogP) is 2.30. The average Bonchev–Trinajstić information content (AvgIpc) is 3.13. The van der Waals surface area contributed by atoms with E-state index < -0.39 is 5.41 Å². The monoisotopic (exact) mass is 373 g/mol. The van der Waals surface area contributed by atoms with Gasteiger partial charge >= 0.3 is 0 Å². The lowest BCUT2D eigenvalue weighted by atomic mass is 9.84. The van der Waals surface area contributed by atoms with Crippen LogP contribution in [0.5, 0.6) is 0 Å². The Morgan fingerprint density at radius 3 is 2.63 bits per heavy atom. The number of carbonyl (C=O) groups is 2. The molecule has 0 spiro atoms. The highest BCUT2D eigenvalue weighted by atomic mass is 16.5. The van der Waals surface area contributed by atoms with Gasteiger partial charge in [-0.25, -0.2) is 0 Å². The molecular weight excluding hydrogens is 342 g/mol. The van der Waals surface area contributed by atoms with Crippen molar-refractivity contribution in [2.24, 2.45) is 5.41 Å². The van der Waals surface area contributed by atoms with Crippen molar-refractivity contribution in [1.29, 1.82) is 0 Å². The first-order chi connectivity index (χ1) is 12.9. The smallest absolute Gasteiger partial charge is 0.239 e. The van der Waals surface area contributed by atoms with Crippen LogP contribution in [0.25, 0.3) is 0 Å². The van der Waals surface area contributed by atoms with E-state index in [1.54, 1.807) is 0 Å². The summed E-state index contributed by atoms with van der Waals surface area (Å²) >= 11 is 0. The van der Waals surface area contributed by atoms with Gasteiger partial charge in [0, 0.05) is 18.8 Å². The van der Waals surface area contributed by atoms with Crippen molar-refractivity contribution in [3.05, 3.63) is 29.3 Å². The first-order valence-corrected chi connectivity index (χ1v) is 9.93. The number of aryl methyl sites for hydroxylation is 2. The Morgan fingerprint density at radius 1 is 1.22 bits per heavy atom. The number of nitrogens with one attached hydrogen (secondary N) is 3. The second kappa shape index (κ2) is 8.40. The van der Waals surface area contributed by atoms with E-state index in [0.717, 1.165) is 36.9 Å². The third-order valence-corrected chi connectivity index (χ3v) is 6.01. The van der Waals surface area contributed by atoms with Crippen LogP contribution < -0.4 is 16.0 Å². The molecule has 3 N–H and O–H groups in total.